The number of aromatic hydroxyl groups is 1. The third kappa shape index (κ3) is 4.37. The number of benzene rings is 2. The summed E-state index contributed by atoms with van der Waals surface area (Å²) in [6, 6.07) is 12.0. The first-order valence-corrected chi connectivity index (χ1v) is 8.28. The lowest BCUT2D eigenvalue weighted by Gasteiger charge is -2.07. The molecule has 0 aliphatic heterocycles. The van der Waals surface area contributed by atoms with Crippen molar-refractivity contribution in [3.8, 4) is 17.6 Å². The number of halogens is 2. The summed E-state index contributed by atoms with van der Waals surface area (Å²) in [5.41, 5.74) is 1.05. The van der Waals surface area contributed by atoms with E-state index in [2.05, 4.69) is 37.2 Å². The number of phenolic OH excluding ortho intramolecular Hbond substituents is 1. The molecule has 2 aromatic carbocycles. The molecule has 0 aromatic heterocycles. The molecule has 0 unspecified atom stereocenters. The molecular formula is C17H12Br2N2O3. The van der Waals surface area contributed by atoms with Gasteiger partial charge in [-0.15, -0.1) is 0 Å². The number of carbonyl (C=O) groups excluding carboxylic acids is 1. The predicted molar refractivity (Wildman–Crippen MR) is 98.7 cm³/mol. The van der Waals surface area contributed by atoms with Crippen LogP contribution < -0.4 is 10.1 Å². The predicted octanol–water partition coefficient (Wildman–Crippen LogP) is 4.47. The highest BCUT2D eigenvalue weighted by molar-refractivity contribution is 9.10. The molecule has 0 atom stereocenters. The summed E-state index contributed by atoms with van der Waals surface area (Å²) in [5, 5.41) is 21.7. The normalized spacial score (nSPS) is 10.8. The van der Waals surface area contributed by atoms with Gasteiger partial charge in [-0.05, 0) is 64.0 Å². The molecule has 1 amide bonds. The van der Waals surface area contributed by atoms with Gasteiger partial charge in [0.1, 0.15) is 11.6 Å². The largest absolute Gasteiger partial charge is 0.503 e. The van der Waals surface area contributed by atoms with Gasteiger partial charge in [-0.25, -0.2) is 0 Å². The van der Waals surface area contributed by atoms with Crippen LogP contribution >= 0.6 is 31.9 Å². The highest BCUT2D eigenvalue weighted by Gasteiger charge is 2.12. The zero-order valence-electron chi connectivity index (χ0n) is 12.5. The van der Waals surface area contributed by atoms with E-state index in [1.54, 1.807) is 30.3 Å². The first-order chi connectivity index (χ1) is 11.4. The molecule has 24 heavy (non-hydrogen) atoms. The molecule has 2 aromatic rings. The molecule has 0 aliphatic carbocycles. The summed E-state index contributed by atoms with van der Waals surface area (Å²) in [6.45, 7) is 0. The molecule has 7 heteroatoms. The fraction of sp³-hybridized carbons (Fsp3) is 0.0588. The maximum Gasteiger partial charge on any atom is 0.266 e. The summed E-state index contributed by atoms with van der Waals surface area (Å²) < 4.78 is 6.34. The van der Waals surface area contributed by atoms with Crippen LogP contribution in [0.2, 0.25) is 0 Å². The molecule has 0 radical (unpaired) electrons. The Labute approximate surface area is 155 Å². The number of methoxy groups -OCH3 is 1. The number of nitrogens with one attached hydrogen (secondary N) is 1. The Kier molecular flexibility index (Phi) is 6.01. The maximum absolute atomic E-state index is 12.2. The first-order valence-electron chi connectivity index (χ1n) is 6.70. The molecule has 2 rings (SSSR count). The van der Waals surface area contributed by atoms with E-state index >= 15 is 0 Å². The second-order valence-electron chi connectivity index (χ2n) is 4.68. The monoisotopic (exact) mass is 450 g/mol. The molecule has 0 saturated carbocycles. The Bertz CT molecular complexity index is 840. The lowest BCUT2D eigenvalue weighted by Crippen LogP contribution is -2.13. The number of carbonyl (C=O) groups is 1. The standard InChI is InChI=1S/C17H12Br2N2O3/c1-24-15-8-10(7-14(19)16(15)22)6-11(9-20)17(23)21-13-4-2-12(18)3-5-13/h2-8,22H,1H3,(H,21,23)/b11-6-. The second-order valence-corrected chi connectivity index (χ2v) is 6.45. The van der Waals surface area contributed by atoms with E-state index in [1.807, 2.05) is 6.07 Å². The van der Waals surface area contributed by atoms with Crippen molar-refractivity contribution in [3.05, 3.63) is 56.5 Å². The van der Waals surface area contributed by atoms with Crippen molar-refractivity contribution in [2.45, 2.75) is 0 Å². The lowest BCUT2D eigenvalue weighted by molar-refractivity contribution is -0.112. The molecule has 0 aliphatic rings. The smallest absolute Gasteiger partial charge is 0.266 e. The molecule has 0 saturated heterocycles. The van der Waals surface area contributed by atoms with E-state index in [-0.39, 0.29) is 17.1 Å². The summed E-state index contributed by atoms with van der Waals surface area (Å²) in [6.07, 6.45) is 1.42. The van der Waals surface area contributed by atoms with E-state index < -0.39 is 5.91 Å². The van der Waals surface area contributed by atoms with Crippen LogP contribution in [-0.4, -0.2) is 18.1 Å². The fourth-order valence-corrected chi connectivity index (χ4v) is 2.60. The molecule has 0 heterocycles. The van der Waals surface area contributed by atoms with Gasteiger partial charge in [0.2, 0.25) is 0 Å². The van der Waals surface area contributed by atoms with Crippen molar-refractivity contribution < 1.29 is 14.6 Å². The van der Waals surface area contributed by atoms with Crippen LogP contribution in [0.5, 0.6) is 11.5 Å². The van der Waals surface area contributed by atoms with Crippen LogP contribution in [-0.2, 0) is 4.79 Å². The minimum absolute atomic E-state index is 0.0486. The van der Waals surface area contributed by atoms with Gasteiger partial charge in [0, 0.05) is 10.2 Å². The zero-order chi connectivity index (χ0) is 17.7. The maximum atomic E-state index is 12.2. The van der Waals surface area contributed by atoms with Crippen molar-refractivity contribution in [3.63, 3.8) is 0 Å². The first kappa shape index (κ1) is 18.0. The Morgan fingerprint density at radius 2 is 1.96 bits per heavy atom. The average molecular weight is 452 g/mol. The molecule has 2 N–H and O–H groups in total. The number of hydrogen-bond donors (Lipinski definition) is 2. The van der Waals surface area contributed by atoms with Crippen LogP contribution in [0.4, 0.5) is 5.69 Å². The van der Waals surface area contributed by atoms with E-state index in [1.165, 1.54) is 19.3 Å². The summed E-state index contributed by atoms with van der Waals surface area (Å²) in [4.78, 5) is 12.2. The van der Waals surface area contributed by atoms with E-state index in [4.69, 9.17) is 4.74 Å². The SMILES string of the molecule is COc1cc(/C=C(/C#N)C(=O)Nc2ccc(Br)cc2)cc(Br)c1O. The van der Waals surface area contributed by atoms with Crippen molar-refractivity contribution in [1.29, 1.82) is 5.26 Å². The van der Waals surface area contributed by atoms with E-state index in [0.29, 0.717) is 15.7 Å². The lowest BCUT2D eigenvalue weighted by atomic mass is 10.1. The third-order valence-electron chi connectivity index (χ3n) is 3.05. The Morgan fingerprint density at radius 3 is 2.54 bits per heavy atom. The van der Waals surface area contributed by atoms with Gasteiger partial charge in [0.15, 0.2) is 11.5 Å². The van der Waals surface area contributed by atoms with Crippen LogP contribution in [0, 0.1) is 11.3 Å². The number of nitriles is 1. The van der Waals surface area contributed by atoms with Crippen LogP contribution in [0.1, 0.15) is 5.56 Å². The summed E-state index contributed by atoms with van der Waals surface area (Å²) in [5.74, 6) is -0.336. The van der Waals surface area contributed by atoms with Gasteiger partial charge >= 0.3 is 0 Å². The minimum Gasteiger partial charge on any atom is -0.503 e. The fourth-order valence-electron chi connectivity index (χ4n) is 1.88. The van der Waals surface area contributed by atoms with E-state index in [9.17, 15) is 15.2 Å². The Hall–Kier alpha value is -2.30. The number of ether oxygens (including phenoxy) is 1. The average Bonchev–Trinajstić information content (AvgIpc) is 2.57. The Morgan fingerprint density at radius 1 is 1.29 bits per heavy atom. The van der Waals surface area contributed by atoms with Gasteiger partial charge in [0.25, 0.3) is 5.91 Å². The van der Waals surface area contributed by atoms with Crippen molar-refractivity contribution in [1.82, 2.24) is 0 Å². The number of amides is 1. The van der Waals surface area contributed by atoms with Crippen LogP contribution in [0.3, 0.4) is 0 Å². The second kappa shape index (κ2) is 7.99. The van der Waals surface area contributed by atoms with Gasteiger partial charge < -0.3 is 15.2 Å². The summed E-state index contributed by atoms with van der Waals surface area (Å²) in [7, 11) is 1.42. The highest BCUT2D eigenvalue weighted by atomic mass is 79.9. The Balaban J connectivity index is 2.29. The van der Waals surface area contributed by atoms with Gasteiger partial charge in [-0.3, -0.25) is 4.79 Å². The van der Waals surface area contributed by atoms with Crippen molar-refractivity contribution in [2.24, 2.45) is 0 Å². The van der Waals surface area contributed by atoms with Crippen molar-refractivity contribution >= 4 is 49.5 Å². The molecule has 122 valence electrons. The zero-order valence-corrected chi connectivity index (χ0v) is 15.7. The van der Waals surface area contributed by atoms with Crippen LogP contribution in [0.15, 0.2) is 50.9 Å². The summed E-state index contributed by atoms with van der Waals surface area (Å²) >= 11 is 6.51. The minimum atomic E-state index is -0.525. The number of hydrogen-bond acceptors (Lipinski definition) is 4. The molecule has 0 fully saturated rings. The number of nitrogens with zero attached hydrogens (tertiary/aromatic N) is 1. The number of rotatable bonds is 4. The number of anilines is 1. The quantitative estimate of drug-likeness (QED) is 0.530. The molecular weight excluding hydrogens is 440 g/mol. The highest BCUT2D eigenvalue weighted by Crippen LogP contribution is 2.35. The molecule has 5 nitrogen and oxygen atoms in total. The van der Waals surface area contributed by atoms with Crippen molar-refractivity contribution in [2.75, 3.05) is 12.4 Å². The molecule has 0 bridgehead atoms. The van der Waals surface area contributed by atoms with Gasteiger partial charge in [-0.2, -0.15) is 5.26 Å². The van der Waals surface area contributed by atoms with Gasteiger partial charge in [-0.1, -0.05) is 15.9 Å². The molecule has 0 spiro atoms. The van der Waals surface area contributed by atoms with E-state index in [0.717, 1.165) is 4.47 Å². The van der Waals surface area contributed by atoms with Gasteiger partial charge in [0.05, 0.1) is 11.6 Å². The topological polar surface area (TPSA) is 82.3 Å². The third-order valence-corrected chi connectivity index (χ3v) is 4.18. The van der Waals surface area contributed by atoms with Crippen LogP contribution in [0.25, 0.3) is 6.08 Å². The number of phenols is 1.